The number of hydrogen-bond acceptors (Lipinski definition) is 2. The van der Waals surface area contributed by atoms with Gasteiger partial charge in [-0.25, -0.2) is 0 Å². The Balaban J connectivity index is 2.52. The van der Waals surface area contributed by atoms with Crippen molar-refractivity contribution in [3.8, 4) is 0 Å². The largest absolute Gasteiger partial charge is 0.372 e. The smallest absolute Gasteiger partial charge is 0.142 e. The second kappa shape index (κ2) is 2.98. The van der Waals surface area contributed by atoms with E-state index in [1.165, 1.54) is 0 Å². The molecular formula is C10H12ClNO. The zero-order chi connectivity index (χ0) is 9.47. The molecule has 1 unspecified atom stereocenters. The lowest BCUT2D eigenvalue weighted by Gasteiger charge is -2.22. The van der Waals surface area contributed by atoms with Crippen molar-refractivity contribution in [3.05, 3.63) is 34.3 Å². The van der Waals surface area contributed by atoms with Gasteiger partial charge in [0.05, 0.1) is 0 Å². The molecule has 1 heterocycles. The molecule has 0 spiro atoms. The Morgan fingerprint density at radius 2 is 2.38 bits per heavy atom. The van der Waals surface area contributed by atoms with Crippen LogP contribution in [0.1, 0.15) is 24.5 Å². The van der Waals surface area contributed by atoms with Crippen molar-refractivity contribution in [1.82, 2.24) is 5.32 Å². The third-order valence-electron chi connectivity index (χ3n) is 2.60. The number of hydrogen-bond donors (Lipinski definition) is 2. The fraction of sp³-hybridized carbons (Fsp3) is 0.400. The Hall–Kier alpha value is -0.570. The molecule has 2 rings (SSSR count). The van der Waals surface area contributed by atoms with Gasteiger partial charge in [0.1, 0.15) is 5.72 Å². The van der Waals surface area contributed by atoms with Crippen LogP contribution in [0.5, 0.6) is 0 Å². The summed E-state index contributed by atoms with van der Waals surface area (Å²) in [6.45, 7) is 2.67. The van der Waals surface area contributed by atoms with Crippen LogP contribution in [0.15, 0.2) is 18.2 Å². The maximum atomic E-state index is 10.1. The average molecular weight is 198 g/mol. The summed E-state index contributed by atoms with van der Waals surface area (Å²) in [5.41, 5.74) is 1.18. The van der Waals surface area contributed by atoms with E-state index in [4.69, 9.17) is 11.6 Å². The van der Waals surface area contributed by atoms with Crippen molar-refractivity contribution in [3.63, 3.8) is 0 Å². The molecule has 1 aromatic carbocycles. The molecule has 2 nitrogen and oxygen atoms in total. The van der Waals surface area contributed by atoms with Crippen LogP contribution in [-0.2, 0) is 12.3 Å². The van der Waals surface area contributed by atoms with Crippen molar-refractivity contribution in [2.75, 3.05) is 0 Å². The van der Waals surface area contributed by atoms with Crippen LogP contribution in [0, 0.1) is 0 Å². The van der Waals surface area contributed by atoms with Gasteiger partial charge in [0, 0.05) is 17.1 Å². The zero-order valence-electron chi connectivity index (χ0n) is 7.47. The highest BCUT2D eigenvalue weighted by molar-refractivity contribution is 6.30. The maximum Gasteiger partial charge on any atom is 0.142 e. The van der Waals surface area contributed by atoms with E-state index in [9.17, 15) is 5.11 Å². The molecule has 1 aromatic rings. The first-order chi connectivity index (χ1) is 6.15. The lowest BCUT2D eigenvalue weighted by atomic mass is 10.00. The lowest BCUT2D eigenvalue weighted by Crippen LogP contribution is -2.35. The summed E-state index contributed by atoms with van der Waals surface area (Å²) in [7, 11) is 0. The molecule has 70 valence electrons. The van der Waals surface area contributed by atoms with E-state index in [-0.39, 0.29) is 0 Å². The van der Waals surface area contributed by atoms with Crippen LogP contribution in [0.4, 0.5) is 0 Å². The first-order valence-electron chi connectivity index (χ1n) is 4.42. The first-order valence-corrected chi connectivity index (χ1v) is 4.80. The number of aliphatic hydroxyl groups is 1. The van der Waals surface area contributed by atoms with Crippen LogP contribution in [0.2, 0.25) is 5.02 Å². The van der Waals surface area contributed by atoms with Crippen LogP contribution in [-0.4, -0.2) is 5.11 Å². The third-order valence-corrected chi connectivity index (χ3v) is 2.84. The van der Waals surface area contributed by atoms with Gasteiger partial charge in [-0.15, -0.1) is 0 Å². The summed E-state index contributed by atoms with van der Waals surface area (Å²) in [6.07, 6.45) is 0.653. The van der Waals surface area contributed by atoms with Crippen LogP contribution in [0.25, 0.3) is 0 Å². The second-order valence-corrected chi connectivity index (χ2v) is 3.81. The highest BCUT2D eigenvalue weighted by Crippen LogP contribution is 2.33. The van der Waals surface area contributed by atoms with E-state index in [2.05, 4.69) is 5.32 Å². The zero-order valence-corrected chi connectivity index (χ0v) is 8.23. The van der Waals surface area contributed by atoms with Gasteiger partial charge in [-0.1, -0.05) is 24.6 Å². The highest BCUT2D eigenvalue weighted by atomic mass is 35.5. The van der Waals surface area contributed by atoms with Crippen LogP contribution < -0.4 is 5.32 Å². The van der Waals surface area contributed by atoms with Crippen LogP contribution >= 0.6 is 11.6 Å². The van der Waals surface area contributed by atoms with E-state index < -0.39 is 5.72 Å². The number of rotatable bonds is 1. The summed E-state index contributed by atoms with van der Waals surface area (Å²) in [5.74, 6) is 0. The molecule has 1 aliphatic heterocycles. The first kappa shape index (κ1) is 9.00. The molecule has 0 aliphatic carbocycles. The minimum absolute atomic E-state index is 0.653. The number of halogens is 1. The van der Waals surface area contributed by atoms with Gasteiger partial charge in [0.15, 0.2) is 0 Å². The van der Waals surface area contributed by atoms with Gasteiger partial charge in [0.25, 0.3) is 0 Å². The molecule has 1 aliphatic rings. The number of fused-ring (bicyclic) bond motifs is 1. The standard InChI is InChI=1S/C10H12ClNO/c1-2-10(13)9-5-8(11)4-3-7(9)6-12-10/h3-5,12-13H,2,6H2,1H3. The second-order valence-electron chi connectivity index (χ2n) is 3.37. The predicted molar refractivity (Wildman–Crippen MR) is 52.5 cm³/mol. The Morgan fingerprint density at radius 1 is 1.62 bits per heavy atom. The van der Waals surface area contributed by atoms with E-state index in [0.29, 0.717) is 11.4 Å². The van der Waals surface area contributed by atoms with Crippen molar-refractivity contribution in [2.24, 2.45) is 0 Å². The van der Waals surface area contributed by atoms with Crippen molar-refractivity contribution < 1.29 is 5.11 Å². The summed E-state index contributed by atoms with van der Waals surface area (Å²) >= 11 is 5.87. The van der Waals surface area contributed by atoms with E-state index in [1.807, 2.05) is 25.1 Å². The molecule has 2 N–H and O–H groups in total. The van der Waals surface area contributed by atoms with E-state index >= 15 is 0 Å². The molecule has 0 fully saturated rings. The van der Waals surface area contributed by atoms with Crippen molar-refractivity contribution in [1.29, 1.82) is 0 Å². The van der Waals surface area contributed by atoms with Crippen molar-refractivity contribution >= 4 is 11.6 Å². The Kier molecular flexibility index (Phi) is 2.06. The van der Waals surface area contributed by atoms with Gasteiger partial charge < -0.3 is 5.11 Å². The van der Waals surface area contributed by atoms with Gasteiger partial charge in [-0.3, -0.25) is 5.32 Å². The van der Waals surface area contributed by atoms with E-state index in [0.717, 1.165) is 17.7 Å². The molecule has 13 heavy (non-hydrogen) atoms. The summed E-state index contributed by atoms with van der Waals surface area (Å²) in [4.78, 5) is 0. The minimum Gasteiger partial charge on any atom is -0.372 e. The molecular weight excluding hydrogens is 186 g/mol. The molecule has 0 bridgehead atoms. The van der Waals surface area contributed by atoms with Crippen molar-refractivity contribution in [2.45, 2.75) is 25.6 Å². The Bertz CT molecular complexity index is 340. The molecule has 3 heteroatoms. The fourth-order valence-corrected chi connectivity index (χ4v) is 1.91. The monoisotopic (exact) mass is 197 g/mol. The normalized spacial score (nSPS) is 26.1. The highest BCUT2D eigenvalue weighted by Gasteiger charge is 2.34. The maximum absolute atomic E-state index is 10.1. The number of nitrogens with one attached hydrogen (secondary N) is 1. The SMILES string of the molecule is CCC1(O)NCc2ccc(Cl)cc21. The lowest BCUT2D eigenvalue weighted by molar-refractivity contribution is 0.00688. The average Bonchev–Trinajstić information content (AvgIpc) is 2.45. The molecule has 1 atom stereocenters. The summed E-state index contributed by atoms with van der Waals surface area (Å²) < 4.78 is 0. The predicted octanol–water partition coefficient (Wildman–Crippen LogP) is 2.00. The fourth-order valence-electron chi connectivity index (χ4n) is 1.74. The number of benzene rings is 1. The molecule has 0 saturated carbocycles. The topological polar surface area (TPSA) is 32.3 Å². The Labute approximate surface area is 82.5 Å². The molecule has 0 saturated heterocycles. The molecule has 0 aromatic heterocycles. The molecule has 0 amide bonds. The van der Waals surface area contributed by atoms with Gasteiger partial charge in [-0.2, -0.15) is 0 Å². The summed E-state index contributed by atoms with van der Waals surface area (Å²) in [6, 6.07) is 5.64. The third kappa shape index (κ3) is 1.35. The quantitative estimate of drug-likeness (QED) is 0.722. The summed E-state index contributed by atoms with van der Waals surface area (Å²) in [5, 5.41) is 13.9. The van der Waals surface area contributed by atoms with Crippen LogP contribution in [0.3, 0.4) is 0 Å². The van der Waals surface area contributed by atoms with Gasteiger partial charge >= 0.3 is 0 Å². The minimum atomic E-state index is -0.875. The Morgan fingerprint density at radius 3 is 3.08 bits per heavy atom. The van der Waals surface area contributed by atoms with Gasteiger partial charge in [0.2, 0.25) is 0 Å². The van der Waals surface area contributed by atoms with Gasteiger partial charge in [-0.05, 0) is 24.1 Å². The van der Waals surface area contributed by atoms with E-state index in [1.54, 1.807) is 0 Å². The molecule has 0 radical (unpaired) electrons.